The number of benzene rings is 2. The molecule has 1 amide bonds. The fraction of sp³-hybridized carbons (Fsp3) is 0.105. The average Bonchev–Trinajstić information content (AvgIpc) is 3.29. The van der Waals surface area contributed by atoms with E-state index in [2.05, 4.69) is 5.32 Å². The van der Waals surface area contributed by atoms with E-state index in [1.165, 1.54) is 12.1 Å². The first-order valence-corrected chi connectivity index (χ1v) is 7.72. The molecule has 1 aliphatic heterocycles. The van der Waals surface area contributed by atoms with Crippen LogP contribution in [0.15, 0.2) is 59.0 Å². The van der Waals surface area contributed by atoms with Gasteiger partial charge in [-0.1, -0.05) is 18.2 Å². The Balaban J connectivity index is 1.44. The molecule has 0 spiro atoms. The van der Waals surface area contributed by atoms with Crippen LogP contribution in [0.3, 0.4) is 0 Å². The first kappa shape index (κ1) is 15.3. The molecule has 0 saturated heterocycles. The minimum absolute atomic E-state index is 0.124. The van der Waals surface area contributed by atoms with E-state index in [9.17, 15) is 9.18 Å². The van der Waals surface area contributed by atoms with E-state index in [1.54, 1.807) is 30.3 Å². The number of amides is 1. The Morgan fingerprint density at radius 3 is 2.76 bits per heavy atom. The van der Waals surface area contributed by atoms with Crippen molar-refractivity contribution in [2.24, 2.45) is 0 Å². The molecule has 25 heavy (non-hydrogen) atoms. The summed E-state index contributed by atoms with van der Waals surface area (Å²) in [5, 5.41) is 2.76. The molecular weight excluding hydrogens is 325 g/mol. The molecule has 0 radical (unpaired) electrons. The van der Waals surface area contributed by atoms with Gasteiger partial charge in [-0.15, -0.1) is 0 Å². The maximum atomic E-state index is 13.8. The Hall–Kier alpha value is -3.28. The second-order valence-electron chi connectivity index (χ2n) is 5.51. The lowest BCUT2D eigenvalue weighted by Gasteiger charge is -2.05. The second-order valence-corrected chi connectivity index (χ2v) is 5.51. The summed E-state index contributed by atoms with van der Waals surface area (Å²) < 4.78 is 29.8. The van der Waals surface area contributed by atoms with Gasteiger partial charge in [-0.05, 0) is 42.0 Å². The zero-order chi connectivity index (χ0) is 17.2. The molecule has 0 fully saturated rings. The van der Waals surface area contributed by atoms with Gasteiger partial charge in [-0.25, -0.2) is 4.39 Å². The third-order valence-electron chi connectivity index (χ3n) is 3.86. The first-order chi connectivity index (χ1) is 12.2. The number of halogens is 1. The zero-order valence-corrected chi connectivity index (χ0v) is 13.1. The molecule has 0 unspecified atom stereocenters. The van der Waals surface area contributed by atoms with Gasteiger partial charge >= 0.3 is 0 Å². The quantitative estimate of drug-likeness (QED) is 0.786. The monoisotopic (exact) mass is 339 g/mol. The topological polar surface area (TPSA) is 60.7 Å². The SMILES string of the molecule is O=C(NCc1ccc2c(c1)OCO2)c1ccc(-c2ccccc2F)o1. The Kier molecular flexibility index (Phi) is 3.85. The van der Waals surface area contributed by atoms with Gasteiger partial charge in [-0.3, -0.25) is 4.79 Å². The van der Waals surface area contributed by atoms with Crippen molar-refractivity contribution < 1.29 is 23.1 Å². The highest BCUT2D eigenvalue weighted by Gasteiger charge is 2.16. The number of furan rings is 1. The summed E-state index contributed by atoms with van der Waals surface area (Å²) in [5.74, 6) is 1.01. The van der Waals surface area contributed by atoms with E-state index in [1.807, 2.05) is 12.1 Å². The van der Waals surface area contributed by atoms with Crippen molar-refractivity contribution in [2.45, 2.75) is 6.54 Å². The molecule has 6 heteroatoms. The van der Waals surface area contributed by atoms with Gasteiger partial charge in [0, 0.05) is 6.54 Å². The van der Waals surface area contributed by atoms with Crippen LogP contribution in [0.4, 0.5) is 4.39 Å². The van der Waals surface area contributed by atoms with Crippen molar-refractivity contribution >= 4 is 5.91 Å². The molecule has 3 aromatic rings. The lowest BCUT2D eigenvalue weighted by atomic mass is 10.1. The van der Waals surface area contributed by atoms with Crippen LogP contribution in [-0.4, -0.2) is 12.7 Å². The van der Waals surface area contributed by atoms with Crippen molar-refractivity contribution in [2.75, 3.05) is 6.79 Å². The molecule has 1 aromatic heterocycles. The normalized spacial score (nSPS) is 12.2. The molecule has 2 heterocycles. The van der Waals surface area contributed by atoms with Crippen molar-refractivity contribution in [3.8, 4) is 22.8 Å². The van der Waals surface area contributed by atoms with Crippen molar-refractivity contribution in [1.29, 1.82) is 0 Å². The summed E-state index contributed by atoms with van der Waals surface area (Å²) >= 11 is 0. The lowest BCUT2D eigenvalue weighted by molar-refractivity contribution is 0.0924. The highest BCUT2D eigenvalue weighted by Crippen LogP contribution is 2.32. The molecule has 0 aliphatic carbocycles. The summed E-state index contributed by atoms with van der Waals surface area (Å²) in [6, 6.07) is 14.8. The van der Waals surface area contributed by atoms with Crippen LogP contribution in [0.1, 0.15) is 16.1 Å². The average molecular weight is 339 g/mol. The van der Waals surface area contributed by atoms with Gasteiger partial charge in [0.2, 0.25) is 6.79 Å². The van der Waals surface area contributed by atoms with Gasteiger partial charge in [0.25, 0.3) is 5.91 Å². The van der Waals surface area contributed by atoms with E-state index in [4.69, 9.17) is 13.9 Å². The third kappa shape index (κ3) is 3.06. The number of hydrogen-bond donors (Lipinski definition) is 1. The molecular formula is C19H14FNO4. The molecule has 0 atom stereocenters. The maximum absolute atomic E-state index is 13.8. The Bertz CT molecular complexity index is 935. The number of rotatable bonds is 4. The molecule has 1 N–H and O–H groups in total. The largest absolute Gasteiger partial charge is 0.454 e. The van der Waals surface area contributed by atoms with Crippen LogP contribution in [0.5, 0.6) is 11.5 Å². The summed E-state index contributed by atoms with van der Waals surface area (Å²) in [4.78, 5) is 12.2. The van der Waals surface area contributed by atoms with E-state index in [-0.39, 0.29) is 18.5 Å². The second kappa shape index (κ2) is 6.32. The summed E-state index contributed by atoms with van der Waals surface area (Å²) in [5.41, 5.74) is 1.19. The highest BCUT2D eigenvalue weighted by atomic mass is 19.1. The minimum Gasteiger partial charge on any atom is -0.454 e. The summed E-state index contributed by atoms with van der Waals surface area (Å²) in [7, 11) is 0. The number of nitrogens with one attached hydrogen (secondary N) is 1. The number of ether oxygens (including phenoxy) is 2. The van der Waals surface area contributed by atoms with Gasteiger partial charge in [0.05, 0.1) is 5.56 Å². The van der Waals surface area contributed by atoms with Gasteiger partial charge in [0.15, 0.2) is 17.3 Å². The standard InChI is InChI=1S/C19H14FNO4/c20-14-4-2-1-3-13(14)15-7-8-17(25-15)19(22)21-10-12-5-6-16-18(9-12)24-11-23-16/h1-9H,10-11H2,(H,21,22). The maximum Gasteiger partial charge on any atom is 0.287 e. The molecule has 0 bridgehead atoms. The Morgan fingerprint density at radius 2 is 1.88 bits per heavy atom. The van der Waals surface area contributed by atoms with E-state index < -0.39 is 5.82 Å². The first-order valence-electron chi connectivity index (χ1n) is 7.72. The molecule has 126 valence electrons. The summed E-state index contributed by atoms with van der Waals surface area (Å²) in [6.45, 7) is 0.515. The number of carbonyl (C=O) groups excluding carboxylic acids is 1. The molecule has 2 aromatic carbocycles. The number of carbonyl (C=O) groups is 1. The molecule has 4 rings (SSSR count). The Labute approximate surface area is 143 Å². The van der Waals surface area contributed by atoms with Crippen molar-refractivity contribution in [3.05, 3.63) is 71.7 Å². The summed E-state index contributed by atoms with van der Waals surface area (Å²) in [6.07, 6.45) is 0. The lowest BCUT2D eigenvalue weighted by Crippen LogP contribution is -2.22. The van der Waals surface area contributed by atoms with Crippen LogP contribution in [0, 0.1) is 5.82 Å². The highest BCUT2D eigenvalue weighted by molar-refractivity contribution is 5.92. The third-order valence-corrected chi connectivity index (χ3v) is 3.86. The van der Waals surface area contributed by atoms with E-state index in [0.29, 0.717) is 29.4 Å². The predicted octanol–water partition coefficient (Wildman–Crippen LogP) is 3.74. The smallest absolute Gasteiger partial charge is 0.287 e. The van der Waals surface area contributed by atoms with Crippen LogP contribution in [-0.2, 0) is 6.54 Å². The van der Waals surface area contributed by atoms with Crippen molar-refractivity contribution in [3.63, 3.8) is 0 Å². The molecule has 0 saturated carbocycles. The van der Waals surface area contributed by atoms with E-state index in [0.717, 1.165) is 5.56 Å². The number of fused-ring (bicyclic) bond motifs is 1. The predicted molar refractivity (Wildman–Crippen MR) is 87.8 cm³/mol. The molecule has 5 nitrogen and oxygen atoms in total. The van der Waals surface area contributed by atoms with Gasteiger partial charge in [-0.2, -0.15) is 0 Å². The number of hydrogen-bond acceptors (Lipinski definition) is 4. The van der Waals surface area contributed by atoms with E-state index >= 15 is 0 Å². The van der Waals surface area contributed by atoms with Crippen molar-refractivity contribution in [1.82, 2.24) is 5.32 Å². The minimum atomic E-state index is -0.399. The van der Waals surface area contributed by atoms with Crippen LogP contribution >= 0.6 is 0 Å². The van der Waals surface area contributed by atoms with Crippen LogP contribution in [0.25, 0.3) is 11.3 Å². The van der Waals surface area contributed by atoms with Crippen LogP contribution in [0.2, 0.25) is 0 Å². The van der Waals surface area contributed by atoms with Gasteiger partial charge < -0.3 is 19.2 Å². The fourth-order valence-corrected chi connectivity index (χ4v) is 2.59. The van der Waals surface area contributed by atoms with Crippen LogP contribution < -0.4 is 14.8 Å². The Morgan fingerprint density at radius 1 is 1.04 bits per heavy atom. The molecule has 1 aliphatic rings. The van der Waals surface area contributed by atoms with Gasteiger partial charge in [0.1, 0.15) is 11.6 Å². The zero-order valence-electron chi connectivity index (χ0n) is 13.1. The fourth-order valence-electron chi connectivity index (χ4n) is 2.59.